The van der Waals surface area contributed by atoms with E-state index in [0.717, 1.165) is 12.1 Å². The normalized spacial score (nSPS) is 11.6. The Morgan fingerprint density at radius 1 is 1.31 bits per heavy atom. The molecule has 1 aromatic carbocycles. The molecule has 0 unspecified atom stereocenters. The maximum atomic E-state index is 12.7. The fourth-order valence-corrected chi connectivity index (χ4v) is 1.33. The minimum atomic E-state index is -4.34. The number of hydrogen-bond donors (Lipinski definition) is 0. The summed E-state index contributed by atoms with van der Waals surface area (Å²) in [7, 11) is 0. The number of aryl methyl sites for hydroxylation is 1. The number of halogens is 4. The number of carbonyl (C=O) groups is 1. The average molecular weight is 234 g/mol. The third kappa shape index (κ3) is 3.64. The number of hydrogen-bond acceptors (Lipinski definition) is 1. The van der Waals surface area contributed by atoms with E-state index in [0.29, 0.717) is 5.56 Å². The molecule has 0 heterocycles. The van der Waals surface area contributed by atoms with Crippen LogP contribution in [-0.4, -0.2) is 12.0 Å². The Bertz CT molecular complexity index is 395. The maximum absolute atomic E-state index is 12.7. The zero-order valence-corrected chi connectivity index (χ0v) is 8.57. The molecule has 0 aromatic heterocycles. The largest absolute Gasteiger partial charge is 0.389 e. The second-order valence-corrected chi connectivity index (χ2v) is 3.50. The Labute approximate surface area is 90.1 Å². The van der Waals surface area contributed by atoms with Gasteiger partial charge in [0.15, 0.2) is 5.78 Å². The van der Waals surface area contributed by atoms with E-state index >= 15 is 0 Å². The van der Waals surface area contributed by atoms with Crippen molar-refractivity contribution >= 4 is 5.78 Å². The fourth-order valence-electron chi connectivity index (χ4n) is 1.33. The number of rotatable bonds is 3. The van der Waals surface area contributed by atoms with Crippen LogP contribution in [0.15, 0.2) is 18.2 Å². The Morgan fingerprint density at radius 2 is 1.94 bits per heavy atom. The molecule has 0 fully saturated rings. The Kier molecular flexibility index (Phi) is 3.67. The van der Waals surface area contributed by atoms with Gasteiger partial charge in [-0.05, 0) is 30.7 Å². The first-order chi connectivity index (χ1) is 7.29. The van der Waals surface area contributed by atoms with Gasteiger partial charge in [0.25, 0.3) is 0 Å². The zero-order chi connectivity index (χ0) is 12.3. The molecular formula is C11H10F4O. The summed E-state index contributed by atoms with van der Waals surface area (Å²) in [5.41, 5.74) is 0.498. The zero-order valence-electron chi connectivity index (χ0n) is 8.57. The minimum Gasteiger partial charge on any atom is -0.294 e. The van der Waals surface area contributed by atoms with Crippen molar-refractivity contribution in [1.82, 2.24) is 0 Å². The van der Waals surface area contributed by atoms with Crippen LogP contribution in [0.3, 0.4) is 0 Å². The van der Waals surface area contributed by atoms with Crippen LogP contribution in [0.1, 0.15) is 28.8 Å². The predicted molar refractivity (Wildman–Crippen MR) is 50.8 cm³/mol. The molecule has 16 heavy (non-hydrogen) atoms. The summed E-state index contributed by atoms with van der Waals surface area (Å²) in [6.07, 6.45) is -6.10. The van der Waals surface area contributed by atoms with Crippen LogP contribution in [0.5, 0.6) is 0 Å². The number of Topliss-reactive ketones (excluding diaryl/α,β-unsaturated/α-hetero) is 1. The molecule has 0 saturated carbocycles. The predicted octanol–water partition coefficient (Wildman–Crippen LogP) is 3.66. The van der Waals surface area contributed by atoms with Gasteiger partial charge in [0.1, 0.15) is 5.82 Å². The molecule has 1 nitrogen and oxygen atoms in total. The van der Waals surface area contributed by atoms with E-state index in [1.165, 1.54) is 13.0 Å². The first kappa shape index (κ1) is 12.7. The highest BCUT2D eigenvalue weighted by molar-refractivity contribution is 5.97. The van der Waals surface area contributed by atoms with Crippen LogP contribution < -0.4 is 0 Å². The summed E-state index contributed by atoms with van der Waals surface area (Å²) in [5.74, 6) is -1.13. The minimum absolute atomic E-state index is 0.144. The molecule has 0 saturated heterocycles. The highest BCUT2D eigenvalue weighted by atomic mass is 19.4. The molecule has 1 aromatic rings. The van der Waals surface area contributed by atoms with Crippen LogP contribution in [0, 0.1) is 12.7 Å². The van der Waals surface area contributed by atoms with Crippen molar-refractivity contribution in [2.24, 2.45) is 0 Å². The van der Waals surface area contributed by atoms with E-state index in [2.05, 4.69) is 0 Å². The van der Waals surface area contributed by atoms with Gasteiger partial charge in [0.05, 0.1) is 6.42 Å². The lowest BCUT2D eigenvalue weighted by Gasteiger charge is -2.07. The molecule has 0 aliphatic heterocycles. The van der Waals surface area contributed by atoms with Gasteiger partial charge < -0.3 is 0 Å². The number of carbonyl (C=O) groups excluding carboxylic acids is 1. The van der Waals surface area contributed by atoms with Crippen LogP contribution in [0.4, 0.5) is 17.6 Å². The topological polar surface area (TPSA) is 17.1 Å². The fraction of sp³-hybridized carbons (Fsp3) is 0.364. The van der Waals surface area contributed by atoms with Crippen LogP contribution >= 0.6 is 0 Å². The molecule has 0 N–H and O–H groups in total. The van der Waals surface area contributed by atoms with Crippen molar-refractivity contribution in [1.29, 1.82) is 0 Å². The Balaban J connectivity index is 2.74. The number of benzene rings is 1. The molecule has 0 atom stereocenters. The Morgan fingerprint density at radius 3 is 2.44 bits per heavy atom. The summed E-state index contributed by atoms with van der Waals surface area (Å²) in [6.45, 7) is 1.49. The molecular weight excluding hydrogens is 224 g/mol. The van der Waals surface area contributed by atoms with Gasteiger partial charge in [-0.2, -0.15) is 13.2 Å². The third-order valence-corrected chi connectivity index (χ3v) is 2.12. The summed E-state index contributed by atoms with van der Waals surface area (Å²) in [5, 5.41) is 0. The molecule has 0 bridgehead atoms. The molecule has 0 amide bonds. The van der Waals surface area contributed by atoms with Crippen molar-refractivity contribution < 1.29 is 22.4 Å². The lowest BCUT2D eigenvalue weighted by molar-refractivity contribution is -0.133. The van der Waals surface area contributed by atoms with E-state index in [-0.39, 0.29) is 5.56 Å². The molecule has 0 spiro atoms. The van der Waals surface area contributed by atoms with Gasteiger partial charge in [0, 0.05) is 12.0 Å². The van der Waals surface area contributed by atoms with E-state index < -0.39 is 30.6 Å². The van der Waals surface area contributed by atoms with E-state index in [1.807, 2.05) is 0 Å². The van der Waals surface area contributed by atoms with Gasteiger partial charge in [-0.15, -0.1) is 0 Å². The lowest BCUT2D eigenvalue weighted by atomic mass is 10.0. The van der Waals surface area contributed by atoms with Crippen LogP contribution in [0.25, 0.3) is 0 Å². The SMILES string of the molecule is Cc1cc(F)ccc1C(=O)CCC(F)(F)F. The van der Waals surface area contributed by atoms with Crippen molar-refractivity contribution in [3.8, 4) is 0 Å². The van der Waals surface area contributed by atoms with E-state index in [4.69, 9.17) is 0 Å². The molecule has 0 aliphatic rings. The van der Waals surface area contributed by atoms with Crippen LogP contribution in [-0.2, 0) is 0 Å². The van der Waals surface area contributed by atoms with Crippen LogP contribution in [0.2, 0.25) is 0 Å². The summed E-state index contributed by atoms with van der Waals surface area (Å²) in [6, 6.07) is 3.40. The highest BCUT2D eigenvalue weighted by Gasteiger charge is 2.28. The molecule has 5 heteroatoms. The second kappa shape index (κ2) is 4.63. The van der Waals surface area contributed by atoms with Gasteiger partial charge >= 0.3 is 6.18 Å². The van der Waals surface area contributed by atoms with Gasteiger partial charge in [-0.25, -0.2) is 4.39 Å². The number of ketones is 1. The van der Waals surface area contributed by atoms with Gasteiger partial charge in [-0.3, -0.25) is 4.79 Å². The van der Waals surface area contributed by atoms with E-state index in [1.54, 1.807) is 0 Å². The lowest BCUT2D eigenvalue weighted by Crippen LogP contribution is -2.11. The first-order valence-electron chi connectivity index (χ1n) is 4.66. The van der Waals surface area contributed by atoms with Crippen molar-refractivity contribution in [3.05, 3.63) is 35.1 Å². The Hall–Kier alpha value is -1.39. The summed E-state index contributed by atoms with van der Waals surface area (Å²) >= 11 is 0. The quantitative estimate of drug-likeness (QED) is 0.576. The number of alkyl halides is 3. The summed E-state index contributed by atoms with van der Waals surface area (Å²) < 4.78 is 48.3. The van der Waals surface area contributed by atoms with Gasteiger partial charge in [-0.1, -0.05) is 0 Å². The third-order valence-electron chi connectivity index (χ3n) is 2.12. The van der Waals surface area contributed by atoms with Crippen molar-refractivity contribution in [2.45, 2.75) is 25.9 Å². The van der Waals surface area contributed by atoms with Gasteiger partial charge in [0.2, 0.25) is 0 Å². The summed E-state index contributed by atoms with van der Waals surface area (Å²) in [4.78, 5) is 11.4. The highest BCUT2D eigenvalue weighted by Crippen LogP contribution is 2.23. The standard InChI is InChI=1S/C11H10F4O/c1-7-6-8(12)2-3-9(7)10(16)4-5-11(13,14)15/h2-3,6H,4-5H2,1H3. The smallest absolute Gasteiger partial charge is 0.294 e. The van der Waals surface area contributed by atoms with Crippen molar-refractivity contribution in [3.63, 3.8) is 0 Å². The second-order valence-electron chi connectivity index (χ2n) is 3.50. The first-order valence-corrected chi connectivity index (χ1v) is 4.66. The monoisotopic (exact) mass is 234 g/mol. The molecule has 0 radical (unpaired) electrons. The average Bonchev–Trinajstić information content (AvgIpc) is 2.13. The maximum Gasteiger partial charge on any atom is 0.389 e. The molecule has 1 rings (SSSR count). The molecule has 88 valence electrons. The molecule has 0 aliphatic carbocycles. The van der Waals surface area contributed by atoms with E-state index in [9.17, 15) is 22.4 Å². The van der Waals surface area contributed by atoms with Crippen molar-refractivity contribution in [2.75, 3.05) is 0 Å².